The highest BCUT2D eigenvalue weighted by atomic mass is 35.5. The molecule has 2 aromatic rings. The Hall–Kier alpha value is -1.33. The van der Waals surface area contributed by atoms with Gasteiger partial charge in [0.2, 0.25) is 5.91 Å². The number of nitrogens with one attached hydrogen (secondary N) is 2. The normalized spacial score (nSPS) is 14.8. The third-order valence-electron chi connectivity index (χ3n) is 3.25. The number of hydrogen-bond acceptors (Lipinski definition) is 2. The summed E-state index contributed by atoms with van der Waals surface area (Å²) in [6, 6.07) is 6.03. The molecule has 1 fully saturated rings. The molecule has 1 saturated carbocycles. The zero-order chi connectivity index (χ0) is 13.4. The molecule has 2 N–H and O–H groups in total. The van der Waals surface area contributed by atoms with Gasteiger partial charge in [-0.1, -0.05) is 17.7 Å². The Morgan fingerprint density at radius 1 is 1.53 bits per heavy atom. The summed E-state index contributed by atoms with van der Waals surface area (Å²) in [6.07, 6.45) is 2.62. The predicted molar refractivity (Wildman–Crippen MR) is 77.9 cm³/mol. The average molecular weight is 296 g/mol. The minimum atomic E-state index is 0.0748. The van der Waals surface area contributed by atoms with Gasteiger partial charge in [-0.15, -0.1) is 0 Å². The number of carbonyl (C=O) groups is 1. The van der Waals surface area contributed by atoms with E-state index in [4.69, 9.17) is 23.8 Å². The summed E-state index contributed by atoms with van der Waals surface area (Å²) in [7, 11) is 0. The van der Waals surface area contributed by atoms with Crippen LogP contribution in [0.1, 0.15) is 19.3 Å². The van der Waals surface area contributed by atoms with Crippen molar-refractivity contribution in [3.63, 3.8) is 0 Å². The lowest BCUT2D eigenvalue weighted by Crippen LogP contribution is -2.26. The van der Waals surface area contributed by atoms with Gasteiger partial charge in [0, 0.05) is 19.0 Å². The van der Waals surface area contributed by atoms with E-state index in [0.29, 0.717) is 28.8 Å². The van der Waals surface area contributed by atoms with Gasteiger partial charge in [-0.05, 0) is 37.2 Å². The first-order chi connectivity index (χ1) is 9.15. The van der Waals surface area contributed by atoms with Crippen LogP contribution in [0.5, 0.6) is 0 Å². The highest BCUT2D eigenvalue weighted by Crippen LogP contribution is 2.23. The van der Waals surface area contributed by atoms with Crippen molar-refractivity contribution < 1.29 is 4.79 Å². The lowest BCUT2D eigenvalue weighted by atomic mass is 10.3. The number of hydrogen-bond donors (Lipinski definition) is 2. The molecule has 1 aromatic carbocycles. The average Bonchev–Trinajstić information content (AvgIpc) is 3.10. The molecular formula is C13H14ClN3OS. The quantitative estimate of drug-likeness (QED) is 0.852. The van der Waals surface area contributed by atoms with E-state index in [9.17, 15) is 4.79 Å². The molecule has 0 unspecified atom stereocenters. The molecule has 0 atom stereocenters. The second-order valence-corrected chi connectivity index (χ2v) is 5.60. The van der Waals surface area contributed by atoms with E-state index in [0.717, 1.165) is 23.9 Å². The maximum atomic E-state index is 11.7. The van der Waals surface area contributed by atoms with Crippen LogP contribution < -0.4 is 5.32 Å². The standard InChI is InChI=1S/C13H14ClN3OS/c14-9-2-1-3-10-12(9)17(13(19)16-10)7-6-11(18)15-8-4-5-8/h1-3,8H,4-7H2,(H,15,18)(H,16,19). The second kappa shape index (κ2) is 4.98. The summed E-state index contributed by atoms with van der Waals surface area (Å²) in [5.74, 6) is 0.0748. The number of amides is 1. The smallest absolute Gasteiger partial charge is 0.222 e. The van der Waals surface area contributed by atoms with Crippen LogP contribution >= 0.6 is 23.8 Å². The Bertz CT molecular complexity index is 687. The van der Waals surface area contributed by atoms with Crippen LogP contribution in [0.2, 0.25) is 5.02 Å². The van der Waals surface area contributed by atoms with Crippen molar-refractivity contribution >= 4 is 40.8 Å². The fourth-order valence-electron chi connectivity index (χ4n) is 2.13. The van der Waals surface area contributed by atoms with Gasteiger partial charge in [0.05, 0.1) is 16.1 Å². The minimum absolute atomic E-state index is 0.0748. The summed E-state index contributed by atoms with van der Waals surface area (Å²) in [6.45, 7) is 0.543. The van der Waals surface area contributed by atoms with Gasteiger partial charge >= 0.3 is 0 Å². The number of aryl methyl sites for hydroxylation is 1. The maximum Gasteiger partial charge on any atom is 0.222 e. The van der Waals surface area contributed by atoms with Crippen LogP contribution in [0.3, 0.4) is 0 Å². The molecule has 1 amide bonds. The number of para-hydroxylation sites is 1. The van der Waals surface area contributed by atoms with Gasteiger partial charge in [0.1, 0.15) is 0 Å². The lowest BCUT2D eigenvalue weighted by Gasteiger charge is -2.06. The molecule has 0 saturated heterocycles. The number of H-pyrrole nitrogens is 1. The van der Waals surface area contributed by atoms with Crippen molar-refractivity contribution in [1.29, 1.82) is 0 Å². The van der Waals surface area contributed by atoms with Gasteiger partial charge < -0.3 is 14.9 Å². The molecule has 1 aromatic heterocycles. The summed E-state index contributed by atoms with van der Waals surface area (Å²) in [4.78, 5) is 14.8. The van der Waals surface area contributed by atoms with E-state index < -0.39 is 0 Å². The predicted octanol–water partition coefficient (Wildman–Crippen LogP) is 3.02. The number of benzene rings is 1. The molecule has 0 spiro atoms. The van der Waals surface area contributed by atoms with Crippen molar-refractivity contribution in [1.82, 2.24) is 14.9 Å². The van der Waals surface area contributed by atoms with E-state index in [1.807, 2.05) is 22.8 Å². The highest BCUT2D eigenvalue weighted by Gasteiger charge is 2.23. The molecule has 100 valence electrons. The third kappa shape index (κ3) is 2.67. The summed E-state index contributed by atoms with van der Waals surface area (Å²) in [5, 5.41) is 3.61. The monoisotopic (exact) mass is 295 g/mol. The van der Waals surface area contributed by atoms with Crippen molar-refractivity contribution in [2.45, 2.75) is 31.8 Å². The van der Waals surface area contributed by atoms with Gasteiger partial charge in [-0.25, -0.2) is 0 Å². The van der Waals surface area contributed by atoms with E-state index in [1.165, 1.54) is 0 Å². The van der Waals surface area contributed by atoms with Crippen molar-refractivity contribution in [2.75, 3.05) is 0 Å². The Labute approximate surface area is 120 Å². The Morgan fingerprint density at radius 2 is 2.32 bits per heavy atom. The van der Waals surface area contributed by atoms with Gasteiger partial charge in [-0.2, -0.15) is 0 Å². The topological polar surface area (TPSA) is 49.8 Å². The molecule has 19 heavy (non-hydrogen) atoms. The van der Waals surface area contributed by atoms with Crippen LogP contribution in [0.15, 0.2) is 18.2 Å². The largest absolute Gasteiger partial charge is 0.353 e. The maximum absolute atomic E-state index is 11.7. The number of rotatable bonds is 4. The molecule has 1 aliphatic carbocycles. The van der Waals surface area contributed by atoms with E-state index >= 15 is 0 Å². The first-order valence-electron chi connectivity index (χ1n) is 6.31. The molecule has 0 bridgehead atoms. The van der Waals surface area contributed by atoms with Crippen LogP contribution in [-0.4, -0.2) is 21.5 Å². The summed E-state index contributed by atoms with van der Waals surface area (Å²) in [5.41, 5.74) is 1.77. The van der Waals surface area contributed by atoms with Gasteiger partial charge in [-0.3, -0.25) is 4.79 Å². The first kappa shape index (κ1) is 12.7. The Balaban J connectivity index is 1.81. The van der Waals surface area contributed by atoms with Gasteiger partial charge in [0.25, 0.3) is 0 Å². The van der Waals surface area contributed by atoms with E-state index in [2.05, 4.69) is 10.3 Å². The molecule has 1 heterocycles. The molecule has 6 heteroatoms. The number of aromatic amines is 1. The first-order valence-corrected chi connectivity index (χ1v) is 7.10. The SMILES string of the molecule is O=C(CCn1c(=S)[nH]c2cccc(Cl)c21)NC1CC1. The van der Waals surface area contributed by atoms with Crippen molar-refractivity contribution in [2.24, 2.45) is 0 Å². The number of aromatic nitrogens is 2. The van der Waals surface area contributed by atoms with Crippen LogP contribution in [0, 0.1) is 4.77 Å². The molecule has 4 nitrogen and oxygen atoms in total. The molecular weight excluding hydrogens is 282 g/mol. The van der Waals surface area contributed by atoms with Crippen LogP contribution in [0.25, 0.3) is 11.0 Å². The van der Waals surface area contributed by atoms with Crippen LogP contribution in [0.4, 0.5) is 0 Å². The minimum Gasteiger partial charge on any atom is -0.353 e. The zero-order valence-corrected chi connectivity index (χ0v) is 11.9. The fourth-order valence-corrected chi connectivity index (χ4v) is 2.70. The van der Waals surface area contributed by atoms with E-state index in [1.54, 1.807) is 0 Å². The second-order valence-electron chi connectivity index (χ2n) is 4.81. The van der Waals surface area contributed by atoms with E-state index in [-0.39, 0.29) is 5.91 Å². The highest BCUT2D eigenvalue weighted by molar-refractivity contribution is 7.71. The number of imidazole rings is 1. The van der Waals surface area contributed by atoms with Gasteiger partial charge in [0.15, 0.2) is 4.77 Å². The van der Waals surface area contributed by atoms with Crippen molar-refractivity contribution in [3.8, 4) is 0 Å². The third-order valence-corrected chi connectivity index (χ3v) is 3.88. The summed E-state index contributed by atoms with van der Waals surface area (Å²) < 4.78 is 2.49. The Morgan fingerprint density at radius 3 is 3.05 bits per heavy atom. The molecule has 3 rings (SSSR count). The summed E-state index contributed by atoms with van der Waals surface area (Å²) >= 11 is 11.5. The van der Waals surface area contributed by atoms with Crippen LogP contribution in [-0.2, 0) is 11.3 Å². The number of nitrogens with zero attached hydrogens (tertiary/aromatic N) is 1. The molecule has 1 aliphatic rings. The number of halogens is 1. The number of fused-ring (bicyclic) bond motifs is 1. The number of carbonyl (C=O) groups excluding carboxylic acids is 1. The Kier molecular flexibility index (Phi) is 3.33. The fraction of sp³-hybridized carbons (Fsp3) is 0.385. The molecule has 0 radical (unpaired) electrons. The lowest BCUT2D eigenvalue weighted by molar-refractivity contribution is -0.121. The zero-order valence-electron chi connectivity index (χ0n) is 10.3. The molecule has 0 aliphatic heterocycles. The van der Waals surface area contributed by atoms with Crippen molar-refractivity contribution in [3.05, 3.63) is 28.0 Å².